The summed E-state index contributed by atoms with van der Waals surface area (Å²) >= 11 is 0. The summed E-state index contributed by atoms with van der Waals surface area (Å²) in [6.07, 6.45) is 3.33. The average molecular weight is 268 g/mol. The van der Waals surface area contributed by atoms with E-state index in [0.29, 0.717) is 13.0 Å². The summed E-state index contributed by atoms with van der Waals surface area (Å²) in [4.78, 5) is 34.8. The minimum atomic E-state index is -0.703. The van der Waals surface area contributed by atoms with Crippen LogP contribution >= 0.6 is 0 Å². The van der Waals surface area contributed by atoms with E-state index in [9.17, 15) is 14.5 Å². The van der Waals surface area contributed by atoms with E-state index in [1.807, 2.05) is 13.8 Å². The molecule has 0 spiro atoms. The second-order valence-corrected chi connectivity index (χ2v) is 4.42. The molecular weight excluding hydrogens is 248 g/mol. The molecule has 0 saturated heterocycles. The van der Waals surface area contributed by atoms with Gasteiger partial charge in [0.1, 0.15) is 5.82 Å². The van der Waals surface area contributed by atoms with Crippen molar-refractivity contribution >= 4 is 11.5 Å². The van der Waals surface area contributed by atoms with Gasteiger partial charge in [-0.2, -0.15) is 0 Å². The van der Waals surface area contributed by atoms with Crippen molar-refractivity contribution in [3.05, 3.63) is 25.7 Å². The van der Waals surface area contributed by atoms with Gasteiger partial charge in [-0.05, 0) is 18.0 Å². The number of anilines is 1. The number of rotatable bonds is 7. The lowest BCUT2D eigenvalue weighted by atomic mass is 10.2. The molecule has 0 unspecified atom stereocenters. The van der Waals surface area contributed by atoms with Crippen molar-refractivity contribution in [1.29, 1.82) is 0 Å². The highest BCUT2D eigenvalue weighted by Gasteiger charge is 2.17. The SMILES string of the molecule is CCCCCn1c(N)c(N=O)c(=O)n(CCC)c1=O. The van der Waals surface area contributed by atoms with E-state index in [2.05, 4.69) is 5.18 Å². The molecule has 0 atom stereocenters. The van der Waals surface area contributed by atoms with Gasteiger partial charge in [-0.3, -0.25) is 13.9 Å². The van der Waals surface area contributed by atoms with Crippen molar-refractivity contribution < 1.29 is 0 Å². The molecule has 0 aliphatic rings. The number of nitrogens with zero attached hydrogens (tertiary/aromatic N) is 3. The van der Waals surface area contributed by atoms with E-state index in [1.165, 1.54) is 4.57 Å². The Morgan fingerprint density at radius 1 is 1.05 bits per heavy atom. The van der Waals surface area contributed by atoms with Crippen LogP contribution in [0.5, 0.6) is 0 Å². The Labute approximate surface area is 111 Å². The minimum absolute atomic E-state index is 0.131. The zero-order valence-corrected chi connectivity index (χ0v) is 11.4. The summed E-state index contributed by atoms with van der Waals surface area (Å²) in [6.45, 7) is 4.54. The molecule has 1 aromatic rings. The molecule has 2 N–H and O–H groups in total. The Morgan fingerprint density at radius 3 is 2.26 bits per heavy atom. The lowest BCUT2D eigenvalue weighted by Gasteiger charge is -2.13. The van der Waals surface area contributed by atoms with Crippen LogP contribution < -0.4 is 17.0 Å². The smallest absolute Gasteiger partial charge is 0.332 e. The molecule has 0 fully saturated rings. The van der Waals surface area contributed by atoms with Crippen molar-refractivity contribution in [1.82, 2.24) is 9.13 Å². The molecule has 0 aliphatic carbocycles. The van der Waals surface area contributed by atoms with Gasteiger partial charge < -0.3 is 5.73 Å². The van der Waals surface area contributed by atoms with Gasteiger partial charge in [-0.1, -0.05) is 26.7 Å². The maximum absolute atomic E-state index is 12.2. The molecule has 0 aliphatic heterocycles. The van der Waals surface area contributed by atoms with Gasteiger partial charge in [-0.25, -0.2) is 4.79 Å². The van der Waals surface area contributed by atoms with Crippen LogP contribution in [0.4, 0.5) is 11.5 Å². The van der Waals surface area contributed by atoms with Crippen molar-refractivity contribution in [2.75, 3.05) is 5.73 Å². The number of aromatic nitrogens is 2. The molecule has 0 bridgehead atoms. The van der Waals surface area contributed by atoms with Crippen LogP contribution in [0.3, 0.4) is 0 Å². The number of nitrogens with two attached hydrogens (primary N) is 1. The summed E-state index contributed by atoms with van der Waals surface area (Å²) in [5.74, 6) is -0.131. The molecule has 19 heavy (non-hydrogen) atoms. The first-order valence-electron chi connectivity index (χ1n) is 6.54. The van der Waals surface area contributed by atoms with Gasteiger partial charge in [0, 0.05) is 13.1 Å². The zero-order valence-electron chi connectivity index (χ0n) is 11.4. The highest BCUT2D eigenvalue weighted by molar-refractivity contribution is 5.55. The lowest BCUT2D eigenvalue weighted by molar-refractivity contribution is 0.527. The van der Waals surface area contributed by atoms with E-state index >= 15 is 0 Å². The first-order valence-corrected chi connectivity index (χ1v) is 6.54. The molecular formula is C12H20N4O3. The summed E-state index contributed by atoms with van der Waals surface area (Å²) in [6, 6.07) is 0. The van der Waals surface area contributed by atoms with Crippen molar-refractivity contribution in [2.24, 2.45) is 5.18 Å². The van der Waals surface area contributed by atoms with Crippen LogP contribution in [-0.4, -0.2) is 9.13 Å². The Bertz CT molecular complexity index is 559. The standard InChI is InChI=1S/C12H20N4O3/c1-3-5-6-8-15-10(13)9(14-19)11(17)16(7-4-2)12(15)18/h3-8,13H2,1-2H3. The molecule has 0 saturated carbocycles. The fraction of sp³-hybridized carbons (Fsp3) is 0.667. The quantitative estimate of drug-likeness (QED) is 0.599. The summed E-state index contributed by atoms with van der Waals surface area (Å²) in [5, 5.41) is 2.67. The monoisotopic (exact) mass is 268 g/mol. The third-order valence-electron chi connectivity index (χ3n) is 2.97. The second-order valence-electron chi connectivity index (χ2n) is 4.42. The molecule has 0 amide bonds. The van der Waals surface area contributed by atoms with Gasteiger partial charge >= 0.3 is 5.69 Å². The number of nitroso groups, excluding NO2 is 1. The average Bonchev–Trinajstić information content (AvgIpc) is 2.39. The van der Waals surface area contributed by atoms with Crippen LogP contribution in [0.2, 0.25) is 0 Å². The Hall–Kier alpha value is -1.92. The summed E-state index contributed by atoms with van der Waals surface area (Å²) in [7, 11) is 0. The summed E-state index contributed by atoms with van der Waals surface area (Å²) in [5.41, 5.74) is 4.16. The van der Waals surface area contributed by atoms with E-state index in [1.54, 1.807) is 0 Å². The zero-order chi connectivity index (χ0) is 14.4. The third kappa shape index (κ3) is 3.10. The minimum Gasteiger partial charge on any atom is -0.383 e. The fourth-order valence-corrected chi connectivity index (χ4v) is 1.94. The predicted molar refractivity (Wildman–Crippen MR) is 74.6 cm³/mol. The Morgan fingerprint density at radius 2 is 1.74 bits per heavy atom. The molecule has 1 aromatic heterocycles. The van der Waals surface area contributed by atoms with Gasteiger partial charge in [0.05, 0.1) is 0 Å². The topological polar surface area (TPSA) is 99.4 Å². The van der Waals surface area contributed by atoms with E-state index in [0.717, 1.165) is 23.8 Å². The van der Waals surface area contributed by atoms with Gasteiger partial charge in [0.15, 0.2) is 0 Å². The molecule has 0 radical (unpaired) electrons. The van der Waals surface area contributed by atoms with Crippen LogP contribution in [0, 0.1) is 4.91 Å². The Kier molecular flexibility index (Phi) is 5.47. The normalized spacial score (nSPS) is 10.6. The molecule has 0 aromatic carbocycles. The van der Waals surface area contributed by atoms with Crippen molar-refractivity contribution in [3.8, 4) is 0 Å². The first-order chi connectivity index (χ1) is 9.08. The van der Waals surface area contributed by atoms with E-state index < -0.39 is 11.2 Å². The largest absolute Gasteiger partial charge is 0.383 e. The van der Waals surface area contributed by atoms with Crippen LogP contribution in [0.1, 0.15) is 39.5 Å². The predicted octanol–water partition coefficient (Wildman–Crippen LogP) is 1.59. The summed E-state index contributed by atoms with van der Waals surface area (Å²) < 4.78 is 2.29. The number of nitrogen functional groups attached to an aromatic ring is 1. The lowest BCUT2D eigenvalue weighted by Crippen LogP contribution is -2.41. The molecule has 106 valence electrons. The molecule has 1 rings (SSSR count). The first kappa shape index (κ1) is 15.1. The van der Waals surface area contributed by atoms with Crippen LogP contribution in [-0.2, 0) is 13.1 Å². The Balaban J connectivity index is 3.36. The van der Waals surface area contributed by atoms with E-state index in [-0.39, 0.29) is 18.1 Å². The van der Waals surface area contributed by atoms with Crippen molar-refractivity contribution in [3.63, 3.8) is 0 Å². The maximum Gasteiger partial charge on any atom is 0.332 e. The van der Waals surface area contributed by atoms with Gasteiger partial charge in [-0.15, -0.1) is 4.91 Å². The highest BCUT2D eigenvalue weighted by atomic mass is 16.3. The fourth-order valence-electron chi connectivity index (χ4n) is 1.94. The van der Waals surface area contributed by atoms with Crippen molar-refractivity contribution in [2.45, 2.75) is 52.6 Å². The molecule has 7 heteroatoms. The number of hydrogen-bond donors (Lipinski definition) is 1. The number of hydrogen-bond acceptors (Lipinski definition) is 5. The highest BCUT2D eigenvalue weighted by Crippen LogP contribution is 2.14. The molecule has 7 nitrogen and oxygen atoms in total. The van der Waals surface area contributed by atoms with Crippen LogP contribution in [0.25, 0.3) is 0 Å². The van der Waals surface area contributed by atoms with Crippen LogP contribution in [0.15, 0.2) is 14.8 Å². The second kappa shape index (κ2) is 6.86. The third-order valence-corrected chi connectivity index (χ3v) is 2.97. The molecule has 1 heterocycles. The number of unbranched alkanes of at least 4 members (excludes halogenated alkanes) is 2. The van der Waals surface area contributed by atoms with E-state index in [4.69, 9.17) is 5.73 Å². The maximum atomic E-state index is 12.2. The van der Waals surface area contributed by atoms with Gasteiger partial charge in [0.25, 0.3) is 5.56 Å². The van der Waals surface area contributed by atoms with Gasteiger partial charge in [0.2, 0.25) is 5.69 Å².